The van der Waals surface area contributed by atoms with Gasteiger partial charge in [0.15, 0.2) is 0 Å². The Kier molecular flexibility index (Phi) is 5.67. The molecule has 4 amide bonds. The lowest BCUT2D eigenvalue weighted by Crippen LogP contribution is -2.43. The molecule has 2 aromatic carbocycles. The number of methoxy groups -OCH3 is 1. The lowest BCUT2D eigenvalue weighted by atomic mass is 9.89. The second-order valence-electron chi connectivity index (χ2n) is 8.20. The number of fused-ring (bicyclic) bond motifs is 1. The number of rotatable bonds is 7. The van der Waals surface area contributed by atoms with Crippen molar-refractivity contribution < 1.29 is 19.1 Å². The molecule has 2 N–H and O–H groups in total. The van der Waals surface area contributed by atoms with Crippen LogP contribution in [0.2, 0.25) is 0 Å². The summed E-state index contributed by atoms with van der Waals surface area (Å²) in [5, 5.41) is 5.56. The minimum absolute atomic E-state index is 0.308. The molecule has 7 nitrogen and oxygen atoms in total. The summed E-state index contributed by atoms with van der Waals surface area (Å²) >= 11 is 0. The smallest absolute Gasteiger partial charge is 0.325 e. The number of carbonyl (C=O) groups excluding carboxylic acids is 3. The monoisotopic (exact) mass is 421 g/mol. The van der Waals surface area contributed by atoms with Gasteiger partial charge in [-0.1, -0.05) is 36.4 Å². The molecule has 7 heteroatoms. The van der Waals surface area contributed by atoms with Gasteiger partial charge in [-0.15, -0.1) is 0 Å². The summed E-state index contributed by atoms with van der Waals surface area (Å²) in [4.78, 5) is 39.0. The van der Waals surface area contributed by atoms with Crippen molar-refractivity contribution >= 4 is 17.8 Å². The molecule has 4 rings (SSSR count). The quantitative estimate of drug-likeness (QED) is 0.672. The van der Waals surface area contributed by atoms with E-state index in [2.05, 4.69) is 10.6 Å². The number of imide groups is 1. The average Bonchev–Trinajstić information content (AvgIpc) is 3.32. The molecule has 2 aliphatic rings. The summed E-state index contributed by atoms with van der Waals surface area (Å²) in [6.45, 7) is 1.77. The van der Waals surface area contributed by atoms with Crippen LogP contribution in [0.1, 0.15) is 35.6 Å². The van der Waals surface area contributed by atoms with E-state index in [1.165, 1.54) is 11.1 Å². The first-order valence-electron chi connectivity index (χ1n) is 10.6. The molecule has 1 heterocycles. The zero-order valence-corrected chi connectivity index (χ0v) is 17.9. The summed E-state index contributed by atoms with van der Waals surface area (Å²) in [7, 11) is 1.60. The number of hydrogen-bond donors (Lipinski definition) is 2. The Bertz CT molecular complexity index is 1040. The highest BCUT2D eigenvalue weighted by atomic mass is 16.5. The molecule has 1 fully saturated rings. The first-order chi connectivity index (χ1) is 14.9. The molecule has 0 radical (unpaired) electrons. The standard InChI is InChI=1S/C24H27N3O4/c1-24(19-11-10-16-7-5-8-18(16)14-19)22(29)27(23(30)26-24)15-21(28)25-13-12-17-6-3-4-9-20(17)31-2/h3-4,6,9-11,14H,5,7-8,12-13,15H2,1-2H3,(H,25,28)(H,26,30)/t24-/m0/s1. The van der Waals surface area contributed by atoms with Gasteiger partial charge in [-0.25, -0.2) is 4.79 Å². The maximum atomic E-state index is 13.1. The van der Waals surface area contributed by atoms with E-state index in [1.54, 1.807) is 14.0 Å². The van der Waals surface area contributed by atoms with E-state index in [9.17, 15) is 14.4 Å². The number of carbonyl (C=O) groups is 3. The van der Waals surface area contributed by atoms with Gasteiger partial charge in [0.1, 0.15) is 17.8 Å². The van der Waals surface area contributed by atoms with E-state index in [0.717, 1.165) is 41.0 Å². The number of hydrogen-bond acceptors (Lipinski definition) is 4. The second kappa shape index (κ2) is 8.41. The largest absolute Gasteiger partial charge is 0.496 e. The van der Waals surface area contributed by atoms with Crippen LogP contribution in [0.5, 0.6) is 5.75 Å². The highest BCUT2D eigenvalue weighted by Gasteiger charge is 2.49. The SMILES string of the molecule is COc1ccccc1CCNC(=O)CN1C(=O)N[C@@](C)(c2ccc3c(c2)CCC3)C1=O. The summed E-state index contributed by atoms with van der Waals surface area (Å²) in [6.07, 6.45) is 3.73. The van der Waals surface area contributed by atoms with Crippen molar-refractivity contribution in [2.75, 3.05) is 20.2 Å². The number of para-hydroxylation sites is 1. The topological polar surface area (TPSA) is 87.7 Å². The van der Waals surface area contributed by atoms with Crippen LogP contribution in [0, 0.1) is 0 Å². The van der Waals surface area contributed by atoms with E-state index in [0.29, 0.717) is 13.0 Å². The van der Waals surface area contributed by atoms with Crippen molar-refractivity contribution in [3.8, 4) is 5.75 Å². The number of amides is 4. The molecule has 0 aromatic heterocycles. The number of urea groups is 1. The third-order valence-electron chi connectivity index (χ3n) is 6.16. The first-order valence-corrected chi connectivity index (χ1v) is 10.6. The predicted octanol–water partition coefficient (Wildman–Crippen LogP) is 2.31. The predicted molar refractivity (Wildman–Crippen MR) is 116 cm³/mol. The fourth-order valence-electron chi connectivity index (χ4n) is 4.36. The van der Waals surface area contributed by atoms with Crippen LogP contribution in [0.3, 0.4) is 0 Å². The molecule has 2 aromatic rings. The molecule has 1 aliphatic heterocycles. The molecule has 0 bridgehead atoms. The Hall–Kier alpha value is -3.35. The average molecular weight is 421 g/mol. The van der Waals surface area contributed by atoms with Gasteiger partial charge in [0, 0.05) is 6.54 Å². The van der Waals surface area contributed by atoms with Crippen LogP contribution in [0.15, 0.2) is 42.5 Å². The van der Waals surface area contributed by atoms with Crippen molar-refractivity contribution in [3.63, 3.8) is 0 Å². The van der Waals surface area contributed by atoms with Crippen LogP contribution >= 0.6 is 0 Å². The summed E-state index contributed by atoms with van der Waals surface area (Å²) in [5.41, 5.74) is 3.10. The highest BCUT2D eigenvalue weighted by molar-refractivity contribution is 6.09. The van der Waals surface area contributed by atoms with Gasteiger partial charge in [0.05, 0.1) is 7.11 Å². The minimum atomic E-state index is -1.16. The summed E-state index contributed by atoms with van der Waals surface area (Å²) in [6, 6.07) is 13.0. The fraction of sp³-hybridized carbons (Fsp3) is 0.375. The van der Waals surface area contributed by atoms with Gasteiger partial charge in [-0.2, -0.15) is 0 Å². The van der Waals surface area contributed by atoms with Gasteiger partial charge < -0.3 is 15.4 Å². The highest BCUT2D eigenvalue weighted by Crippen LogP contribution is 2.32. The van der Waals surface area contributed by atoms with Gasteiger partial charge in [0.25, 0.3) is 5.91 Å². The Morgan fingerprint density at radius 3 is 2.74 bits per heavy atom. The summed E-state index contributed by atoms with van der Waals surface area (Å²) in [5.74, 6) is -0.0251. The van der Waals surface area contributed by atoms with Gasteiger partial charge in [-0.3, -0.25) is 14.5 Å². The lowest BCUT2D eigenvalue weighted by molar-refractivity contribution is -0.134. The molecule has 1 atom stereocenters. The van der Waals surface area contributed by atoms with E-state index in [1.807, 2.05) is 42.5 Å². The van der Waals surface area contributed by atoms with Crippen molar-refractivity contribution in [3.05, 3.63) is 64.7 Å². The van der Waals surface area contributed by atoms with Gasteiger partial charge in [-0.05, 0) is 60.9 Å². The van der Waals surface area contributed by atoms with E-state index >= 15 is 0 Å². The van der Waals surface area contributed by atoms with Crippen molar-refractivity contribution in [2.45, 2.75) is 38.1 Å². The molecule has 162 valence electrons. The minimum Gasteiger partial charge on any atom is -0.496 e. The Morgan fingerprint density at radius 2 is 1.94 bits per heavy atom. The van der Waals surface area contributed by atoms with E-state index in [-0.39, 0.29) is 12.5 Å². The van der Waals surface area contributed by atoms with Gasteiger partial charge >= 0.3 is 6.03 Å². The summed E-state index contributed by atoms with van der Waals surface area (Å²) < 4.78 is 5.31. The van der Waals surface area contributed by atoms with E-state index < -0.39 is 17.5 Å². The lowest BCUT2D eigenvalue weighted by Gasteiger charge is -2.23. The van der Waals surface area contributed by atoms with Crippen LogP contribution in [-0.4, -0.2) is 42.9 Å². The normalized spacial score (nSPS) is 19.9. The third kappa shape index (κ3) is 4.00. The molecule has 1 aliphatic carbocycles. The first kappa shape index (κ1) is 20.9. The Balaban J connectivity index is 1.38. The Labute approximate surface area is 181 Å². The molecule has 1 saturated heterocycles. The molecular formula is C24H27N3O4. The van der Waals surface area contributed by atoms with Gasteiger partial charge in [0.2, 0.25) is 5.91 Å². The molecule has 0 unspecified atom stereocenters. The second-order valence-corrected chi connectivity index (χ2v) is 8.20. The van der Waals surface area contributed by atoms with E-state index in [4.69, 9.17) is 4.74 Å². The molecule has 0 spiro atoms. The molecule has 31 heavy (non-hydrogen) atoms. The van der Waals surface area contributed by atoms with Crippen LogP contribution in [0.25, 0.3) is 0 Å². The van der Waals surface area contributed by atoms with Crippen molar-refractivity contribution in [2.24, 2.45) is 0 Å². The maximum absolute atomic E-state index is 13.1. The number of nitrogens with one attached hydrogen (secondary N) is 2. The number of nitrogens with zero attached hydrogens (tertiary/aromatic N) is 1. The maximum Gasteiger partial charge on any atom is 0.325 e. The number of aryl methyl sites for hydroxylation is 2. The third-order valence-corrected chi connectivity index (χ3v) is 6.16. The zero-order chi connectivity index (χ0) is 22.0. The fourth-order valence-corrected chi connectivity index (χ4v) is 4.36. The van der Waals surface area contributed by atoms with Crippen LogP contribution in [0.4, 0.5) is 4.79 Å². The van der Waals surface area contributed by atoms with Crippen LogP contribution < -0.4 is 15.4 Å². The van der Waals surface area contributed by atoms with Crippen LogP contribution in [-0.2, 0) is 34.4 Å². The zero-order valence-electron chi connectivity index (χ0n) is 17.9. The van der Waals surface area contributed by atoms with Crippen molar-refractivity contribution in [1.29, 1.82) is 0 Å². The Morgan fingerprint density at radius 1 is 1.16 bits per heavy atom. The molecule has 0 saturated carbocycles. The number of ether oxygens (including phenoxy) is 1. The molecular weight excluding hydrogens is 394 g/mol. The van der Waals surface area contributed by atoms with Crippen molar-refractivity contribution in [1.82, 2.24) is 15.5 Å². The number of benzene rings is 2.